The predicted octanol–water partition coefficient (Wildman–Crippen LogP) is 3.26. The predicted molar refractivity (Wildman–Crippen MR) is 85.9 cm³/mol. The van der Waals surface area contributed by atoms with Crippen molar-refractivity contribution in [3.05, 3.63) is 33.4 Å². The number of aliphatic hydroxyl groups is 1. The van der Waals surface area contributed by atoms with E-state index in [1.165, 1.54) is 16.7 Å². The maximum absolute atomic E-state index is 12.6. The van der Waals surface area contributed by atoms with Crippen LogP contribution in [0, 0.1) is 34.6 Å². The highest BCUT2D eigenvalue weighted by molar-refractivity contribution is 5.98. The molecule has 1 fully saturated rings. The molecule has 0 saturated heterocycles. The molecule has 0 radical (unpaired) electrons. The Morgan fingerprint density at radius 2 is 1.38 bits per heavy atom. The van der Waals surface area contributed by atoms with Gasteiger partial charge in [0.15, 0.2) is 0 Å². The molecule has 2 rings (SSSR count). The summed E-state index contributed by atoms with van der Waals surface area (Å²) in [6, 6.07) is 0. The van der Waals surface area contributed by atoms with Crippen LogP contribution in [-0.4, -0.2) is 23.2 Å². The van der Waals surface area contributed by atoms with Crippen LogP contribution in [0.25, 0.3) is 0 Å². The lowest BCUT2D eigenvalue weighted by atomic mass is 9.89. The zero-order valence-corrected chi connectivity index (χ0v) is 13.9. The first-order valence-electron chi connectivity index (χ1n) is 7.84. The van der Waals surface area contributed by atoms with Gasteiger partial charge < -0.3 is 10.4 Å². The van der Waals surface area contributed by atoms with Gasteiger partial charge in [0.2, 0.25) is 0 Å². The molecule has 0 unspecified atom stereocenters. The number of rotatable bonds is 3. The van der Waals surface area contributed by atoms with Gasteiger partial charge in [0.25, 0.3) is 5.91 Å². The van der Waals surface area contributed by atoms with E-state index in [0.29, 0.717) is 6.54 Å². The molecule has 3 nitrogen and oxygen atoms in total. The van der Waals surface area contributed by atoms with E-state index in [4.69, 9.17) is 0 Å². The number of hydrogen-bond donors (Lipinski definition) is 2. The van der Waals surface area contributed by atoms with Gasteiger partial charge in [0, 0.05) is 12.1 Å². The van der Waals surface area contributed by atoms with Crippen molar-refractivity contribution in [2.75, 3.05) is 6.54 Å². The van der Waals surface area contributed by atoms with Crippen molar-refractivity contribution in [1.29, 1.82) is 0 Å². The summed E-state index contributed by atoms with van der Waals surface area (Å²) in [7, 11) is 0. The lowest BCUT2D eigenvalue weighted by Gasteiger charge is -2.24. The second-order valence-electron chi connectivity index (χ2n) is 6.61. The Morgan fingerprint density at radius 3 is 1.86 bits per heavy atom. The lowest BCUT2D eigenvalue weighted by Crippen LogP contribution is -2.41. The van der Waals surface area contributed by atoms with Crippen molar-refractivity contribution in [2.24, 2.45) is 0 Å². The minimum Gasteiger partial charge on any atom is -0.388 e. The van der Waals surface area contributed by atoms with Crippen molar-refractivity contribution in [3.8, 4) is 0 Å². The first-order valence-corrected chi connectivity index (χ1v) is 7.84. The van der Waals surface area contributed by atoms with Gasteiger partial charge in [0.05, 0.1) is 5.60 Å². The Labute approximate surface area is 127 Å². The molecule has 116 valence electrons. The van der Waals surface area contributed by atoms with Gasteiger partial charge in [0.1, 0.15) is 0 Å². The Balaban J connectivity index is 2.23. The fraction of sp³-hybridized carbons (Fsp3) is 0.611. The van der Waals surface area contributed by atoms with E-state index in [-0.39, 0.29) is 5.91 Å². The molecule has 2 N–H and O–H groups in total. The number of nitrogens with one attached hydrogen (secondary N) is 1. The summed E-state index contributed by atoms with van der Waals surface area (Å²) in [5.74, 6) is -0.0588. The molecule has 1 aliphatic rings. The molecule has 1 saturated carbocycles. The molecule has 0 spiro atoms. The van der Waals surface area contributed by atoms with Crippen LogP contribution >= 0.6 is 0 Å². The van der Waals surface area contributed by atoms with Gasteiger partial charge in [-0.2, -0.15) is 0 Å². The topological polar surface area (TPSA) is 49.3 Å². The van der Waals surface area contributed by atoms with Crippen LogP contribution in [0.15, 0.2) is 0 Å². The number of amides is 1. The molecular formula is C18H27NO2. The van der Waals surface area contributed by atoms with E-state index in [1.54, 1.807) is 0 Å². The maximum atomic E-state index is 12.6. The molecule has 21 heavy (non-hydrogen) atoms. The number of benzene rings is 1. The van der Waals surface area contributed by atoms with E-state index in [0.717, 1.165) is 42.4 Å². The SMILES string of the molecule is Cc1c(C)c(C)c(C(=O)NCC2(O)CCCC2)c(C)c1C. The second-order valence-corrected chi connectivity index (χ2v) is 6.61. The lowest BCUT2D eigenvalue weighted by molar-refractivity contribution is 0.0449. The van der Waals surface area contributed by atoms with Gasteiger partial charge in [-0.15, -0.1) is 0 Å². The first kappa shape index (κ1) is 16.0. The van der Waals surface area contributed by atoms with Crippen molar-refractivity contribution in [2.45, 2.75) is 65.9 Å². The number of carbonyl (C=O) groups excluding carboxylic acids is 1. The Hall–Kier alpha value is -1.35. The van der Waals surface area contributed by atoms with Crippen LogP contribution in [0.4, 0.5) is 0 Å². The van der Waals surface area contributed by atoms with Crippen LogP contribution in [0.3, 0.4) is 0 Å². The van der Waals surface area contributed by atoms with Crippen LogP contribution in [0.2, 0.25) is 0 Å². The van der Waals surface area contributed by atoms with Crippen molar-refractivity contribution in [1.82, 2.24) is 5.32 Å². The van der Waals surface area contributed by atoms with Crippen LogP contribution in [0.1, 0.15) is 63.9 Å². The Kier molecular flexibility index (Phi) is 4.43. The average molecular weight is 289 g/mol. The molecule has 1 aromatic rings. The van der Waals surface area contributed by atoms with Crippen LogP contribution in [0.5, 0.6) is 0 Å². The second kappa shape index (κ2) is 5.80. The van der Waals surface area contributed by atoms with Gasteiger partial charge in [-0.3, -0.25) is 4.79 Å². The molecular weight excluding hydrogens is 262 g/mol. The molecule has 0 aliphatic heterocycles. The van der Waals surface area contributed by atoms with E-state index in [9.17, 15) is 9.90 Å². The minimum atomic E-state index is -0.702. The largest absolute Gasteiger partial charge is 0.388 e. The first-order chi connectivity index (χ1) is 9.77. The summed E-state index contributed by atoms with van der Waals surface area (Å²) in [5, 5.41) is 13.3. The molecule has 0 heterocycles. The third-order valence-electron chi connectivity index (χ3n) is 5.34. The summed E-state index contributed by atoms with van der Waals surface area (Å²) in [6.45, 7) is 10.6. The van der Waals surface area contributed by atoms with Gasteiger partial charge in [-0.05, 0) is 75.3 Å². The molecule has 1 aromatic carbocycles. The third kappa shape index (κ3) is 2.98. The fourth-order valence-electron chi connectivity index (χ4n) is 3.38. The van der Waals surface area contributed by atoms with Crippen molar-refractivity contribution in [3.63, 3.8) is 0 Å². The zero-order chi connectivity index (χ0) is 15.8. The van der Waals surface area contributed by atoms with E-state index in [1.807, 2.05) is 13.8 Å². The monoisotopic (exact) mass is 289 g/mol. The standard InChI is InChI=1S/C18H27NO2/c1-11-12(2)14(4)16(15(5)13(11)3)17(20)19-10-18(21)8-6-7-9-18/h21H,6-10H2,1-5H3,(H,19,20). The molecule has 0 atom stereocenters. The van der Waals surface area contributed by atoms with E-state index in [2.05, 4.69) is 26.1 Å². The fourth-order valence-corrected chi connectivity index (χ4v) is 3.38. The molecule has 1 amide bonds. The third-order valence-corrected chi connectivity index (χ3v) is 5.34. The average Bonchev–Trinajstić information content (AvgIpc) is 2.88. The quantitative estimate of drug-likeness (QED) is 0.897. The van der Waals surface area contributed by atoms with Crippen LogP contribution < -0.4 is 5.32 Å². The van der Waals surface area contributed by atoms with Gasteiger partial charge >= 0.3 is 0 Å². The smallest absolute Gasteiger partial charge is 0.251 e. The molecule has 1 aliphatic carbocycles. The zero-order valence-electron chi connectivity index (χ0n) is 13.9. The van der Waals surface area contributed by atoms with Crippen LogP contribution in [-0.2, 0) is 0 Å². The highest BCUT2D eigenvalue weighted by Crippen LogP contribution is 2.29. The molecule has 0 aromatic heterocycles. The van der Waals surface area contributed by atoms with Gasteiger partial charge in [-0.25, -0.2) is 0 Å². The summed E-state index contributed by atoms with van der Waals surface area (Å²) in [6.07, 6.45) is 3.68. The highest BCUT2D eigenvalue weighted by atomic mass is 16.3. The molecule has 0 bridgehead atoms. The van der Waals surface area contributed by atoms with E-state index < -0.39 is 5.60 Å². The summed E-state index contributed by atoms with van der Waals surface area (Å²) >= 11 is 0. The Bertz CT molecular complexity index is 540. The van der Waals surface area contributed by atoms with E-state index >= 15 is 0 Å². The molecule has 3 heteroatoms. The van der Waals surface area contributed by atoms with Crippen molar-refractivity contribution < 1.29 is 9.90 Å². The highest BCUT2D eigenvalue weighted by Gasteiger charge is 2.31. The van der Waals surface area contributed by atoms with Crippen molar-refractivity contribution >= 4 is 5.91 Å². The maximum Gasteiger partial charge on any atom is 0.251 e. The normalized spacial score (nSPS) is 17.0. The summed E-state index contributed by atoms with van der Waals surface area (Å²) in [5.41, 5.74) is 5.79. The minimum absolute atomic E-state index is 0.0588. The van der Waals surface area contributed by atoms with Gasteiger partial charge in [-0.1, -0.05) is 12.8 Å². The number of carbonyl (C=O) groups is 1. The Morgan fingerprint density at radius 1 is 0.952 bits per heavy atom. The summed E-state index contributed by atoms with van der Waals surface area (Å²) in [4.78, 5) is 12.6. The summed E-state index contributed by atoms with van der Waals surface area (Å²) < 4.78 is 0. The number of hydrogen-bond acceptors (Lipinski definition) is 2.